The molecule has 0 bridgehead atoms. The smallest absolute Gasteiger partial charge is 0.274 e. The quantitative estimate of drug-likeness (QED) is 0.588. The molecule has 0 aromatic rings. The van der Waals surface area contributed by atoms with Gasteiger partial charge in [-0.3, -0.25) is 4.79 Å². The van der Waals surface area contributed by atoms with Crippen LogP contribution in [-0.2, 0) is 14.8 Å². The van der Waals surface area contributed by atoms with Crippen molar-refractivity contribution in [3.8, 4) is 0 Å². The first-order chi connectivity index (χ1) is 8.12. The predicted molar refractivity (Wildman–Crippen MR) is 71.8 cm³/mol. The van der Waals surface area contributed by atoms with Crippen LogP contribution in [0.1, 0.15) is 39.0 Å². The number of nitrogens with one attached hydrogen (secondary N) is 1. The van der Waals surface area contributed by atoms with Crippen LogP contribution in [0.25, 0.3) is 0 Å². The second-order valence-electron chi connectivity index (χ2n) is 4.80. The van der Waals surface area contributed by atoms with Crippen LogP contribution < -0.4 is 4.72 Å². The highest BCUT2D eigenvalue weighted by atomic mass is 127. The van der Waals surface area contributed by atoms with E-state index in [9.17, 15) is 22.0 Å². The molecule has 0 aliphatic heterocycles. The van der Waals surface area contributed by atoms with Crippen LogP contribution in [0.4, 0.5) is 8.78 Å². The summed E-state index contributed by atoms with van der Waals surface area (Å²) in [5.41, 5.74) is 0. The molecule has 1 N–H and O–H groups in total. The highest BCUT2D eigenvalue weighted by molar-refractivity contribution is 14.1. The Bertz CT molecular complexity index is 400. The van der Waals surface area contributed by atoms with Gasteiger partial charge in [-0.05, 0) is 24.7 Å². The van der Waals surface area contributed by atoms with Crippen molar-refractivity contribution in [1.82, 2.24) is 4.72 Å². The van der Waals surface area contributed by atoms with Crippen molar-refractivity contribution in [2.24, 2.45) is 11.8 Å². The van der Waals surface area contributed by atoms with Crippen LogP contribution in [0, 0.1) is 11.8 Å². The zero-order valence-corrected chi connectivity index (χ0v) is 12.9. The Hall–Kier alpha value is 0.01000. The summed E-state index contributed by atoms with van der Waals surface area (Å²) in [7, 11) is -4.90. The van der Waals surface area contributed by atoms with Gasteiger partial charge in [0, 0.05) is 29.0 Å². The largest absolute Gasteiger partial charge is 0.412 e. The molecule has 1 rings (SSSR count). The Morgan fingerprint density at radius 1 is 1.33 bits per heavy atom. The number of carbonyl (C=O) groups excluding carboxylic acids is 1. The van der Waals surface area contributed by atoms with E-state index < -0.39 is 19.2 Å². The summed E-state index contributed by atoms with van der Waals surface area (Å²) in [6.07, 6.45) is 3.67. The van der Waals surface area contributed by atoms with Crippen LogP contribution in [0.5, 0.6) is 0 Å². The maximum Gasteiger partial charge on any atom is 0.412 e. The Morgan fingerprint density at radius 2 is 1.83 bits per heavy atom. The first-order valence-electron chi connectivity index (χ1n) is 5.73. The van der Waals surface area contributed by atoms with Crippen molar-refractivity contribution in [3.05, 3.63) is 0 Å². The molecular weight excluding hydrogens is 379 g/mol. The SMILES string of the molecule is CC1CCC(CC(=O)NS(=O)(=O)C(F)(F)I)CC1. The molecule has 0 unspecified atom stereocenters. The number of rotatable bonds is 4. The molecule has 1 fully saturated rings. The fourth-order valence-corrected chi connectivity index (χ4v) is 2.87. The summed E-state index contributed by atoms with van der Waals surface area (Å²) in [4.78, 5) is 11.4. The third-order valence-corrected chi connectivity index (χ3v) is 6.01. The fourth-order valence-electron chi connectivity index (χ4n) is 2.04. The molecule has 0 saturated heterocycles. The van der Waals surface area contributed by atoms with Crippen molar-refractivity contribution < 1.29 is 22.0 Å². The average Bonchev–Trinajstić information content (AvgIpc) is 2.19. The lowest BCUT2D eigenvalue weighted by Crippen LogP contribution is -2.40. The number of amides is 1. The van der Waals surface area contributed by atoms with Gasteiger partial charge < -0.3 is 0 Å². The summed E-state index contributed by atoms with van der Waals surface area (Å²) in [5.74, 6) is -0.128. The van der Waals surface area contributed by atoms with Crippen molar-refractivity contribution in [3.63, 3.8) is 0 Å². The van der Waals surface area contributed by atoms with Gasteiger partial charge in [0.15, 0.2) is 0 Å². The molecular formula is C10H16F2INO3S. The minimum Gasteiger partial charge on any atom is -0.274 e. The van der Waals surface area contributed by atoms with Crippen molar-refractivity contribution >= 4 is 38.5 Å². The number of hydrogen-bond acceptors (Lipinski definition) is 3. The molecule has 0 heterocycles. The van der Waals surface area contributed by atoms with Gasteiger partial charge in [0.1, 0.15) is 0 Å². The number of alkyl halides is 3. The van der Waals surface area contributed by atoms with E-state index in [0.29, 0.717) is 28.5 Å². The maximum atomic E-state index is 12.7. The zero-order valence-electron chi connectivity index (χ0n) is 9.96. The lowest BCUT2D eigenvalue weighted by atomic mass is 9.81. The van der Waals surface area contributed by atoms with E-state index in [2.05, 4.69) is 6.92 Å². The third kappa shape index (κ3) is 4.60. The van der Waals surface area contributed by atoms with Gasteiger partial charge in [0.05, 0.1) is 0 Å². The summed E-state index contributed by atoms with van der Waals surface area (Å²) in [6.45, 7) is 2.12. The minimum atomic E-state index is -4.90. The normalized spacial score (nSPS) is 25.8. The van der Waals surface area contributed by atoms with E-state index in [-0.39, 0.29) is 12.3 Å². The number of halogens is 3. The molecule has 8 heteroatoms. The summed E-state index contributed by atoms with van der Waals surface area (Å²) in [6, 6.07) is 0. The minimum absolute atomic E-state index is 0.00132. The van der Waals surface area contributed by atoms with Gasteiger partial charge in [-0.15, -0.1) is 0 Å². The van der Waals surface area contributed by atoms with Crippen LogP contribution in [0.2, 0.25) is 0 Å². The van der Waals surface area contributed by atoms with E-state index in [1.165, 1.54) is 4.72 Å². The fraction of sp³-hybridized carbons (Fsp3) is 0.900. The highest BCUT2D eigenvalue weighted by Crippen LogP contribution is 2.31. The Morgan fingerprint density at radius 3 is 2.28 bits per heavy atom. The second kappa shape index (κ2) is 5.98. The monoisotopic (exact) mass is 395 g/mol. The van der Waals surface area contributed by atoms with E-state index in [1.807, 2.05) is 0 Å². The zero-order chi connectivity index (χ0) is 14.0. The van der Waals surface area contributed by atoms with Crippen LogP contribution in [0.3, 0.4) is 0 Å². The standard InChI is InChI=1S/C10H16F2INO3S/c1-7-2-4-8(5-3-7)6-9(15)14-18(16,17)10(11,12)13/h7-8H,2-6H2,1H3,(H,14,15). The molecule has 0 aromatic heterocycles. The molecule has 0 atom stereocenters. The van der Waals surface area contributed by atoms with Crippen molar-refractivity contribution in [2.45, 2.75) is 42.3 Å². The highest BCUT2D eigenvalue weighted by Gasteiger charge is 2.43. The average molecular weight is 395 g/mol. The van der Waals surface area contributed by atoms with Gasteiger partial charge >= 0.3 is 13.3 Å². The van der Waals surface area contributed by atoms with E-state index in [4.69, 9.17) is 0 Å². The van der Waals surface area contributed by atoms with Gasteiger partial charge in [-0.25, -0.2) is 4.72 Å². The molecule has 0 radical (unpaired) electrons. The summed E-state index contributed by atoms with van der Waals surface area (Å²) < 4.78 is 44.9. The lowest BCUT2D eigenvalue weighted by molar-refractivity contribution is -0.120. The number of sulfonamides is 1. The Kier molecular flexibility index (Phi) is 5.33. The number of carbonyl (C=O) groups is 1. The molecule has 1 aliphatic rings. The van der Waals surface area contributed by atoms with Crippen molar-refractivity contribution in [1.29, 1.82) is 0 Å². The molecule has 1 aliphatic carbocycles. The topological polar surface area (TPSA) is 63.2 Å². The molecule has 1 amide bonds. The van der Waals surface area contributed by atoms with Gasteiger partial charge in [-0.2, -0.15) is 17.2 Å². The molecule has 0 aromatic carbocycles. The molecule has 106 valence electrons. The van der Waals surface area contributed by atoms with Gasteiger partial charge in [0.25, 0.3) is 0 Å². The third-order valence-electron chi connectivity index (χ3n) is 3.16. The predicted octanol–water partition coefficient (Wildman–Crippen LogP) is 2.63. The molecule has 1 saturated carbocycles. The van der Waals surface area contributed by atoms with Crippen molar-refractivity contribution in [2.75, 3.05) is 0 Å². The Labute approximate surface area is 119 Å². The summed E-state index contributed by atoms with van der Waals surface area (Å²) in [5, 5.41) is 0. The van der Waals surface area contributed by atoms with Crippen LogP contribution in [-0.4, -0.2) is 17.6 Å². The van der Waals surface area contributed by atoms with Crippen LogP contribution >= 0.6 is 22.6 Å². The number of hydrogen-bond donors (Lipinski definition) is 1. The summed E-state index contributed by atoms with van der Waals surface area (Å²) >= 11 is 0.490. The van der Waals surface area contributed by atoms with E-state index in [1.54, 1.807) is 0 Å². The van der Waals surface area contributed by atoms with Gasteiger partial charge in [0.2, 0.25) is 5.91 Å². The molecule has 18 heavy (non-hydrogen) atoms. The Balaban J connectivity index is 2.48. The van der Waals surface area contributed by atoms with Gasteiger partial charge in [-0.1, -0.05) is 19.8 Å². The van der Waals surface area contributed by atoms with E-state index in [0.717, 1.165) is 25.7 Å². The first kappa shape index (κ1) is 16.1. The van der Waals surface area contributed by atoms with Crippen LogP contribution in [0.15, 0.2) is 0 Å². The molecule has 0 spiro atoms. The first-order valence-corrected chi connectivity index (χ1v) is 8.30. The second-order valence-corrected chi connectivity index (χ2v) is 8.61. The maximum absolute atomic E-state index is 12.7. The lowest BCUT2D eigenvalue weighted by Gasteiger charge is -2.25. The van der Waals surface area contributed by atoms with E-state index >= 15 is 0 Å². The molecule has 4 nitrogen and oxygen atoms in total.